The Bertz CT molecular complexity index is 1310. The van der Waals surface area contributed by atoms with Crippen LogP contribution in [-0.2, 0) is 31.4 Å². The van der Waals surface area contributed by atoms with Crippen LogP contribution in [0, 0.1) is 0 Å². The summed E-state index contributed by atoms with van der Waals surface area (Å²) in [7, 11) is 0. The highest BCUT2D eigenvalue weighted by Gasteiger charge is 2.19. The Morgan fingerprint density at radius 3 is 1.11 bits per heavy atom. The predicted molar refractivity (Wildman–Crippen MR) is 141 cm³/mol. The van der Waals surface area contributed by atoms with Crippen LogP contribution >= 0.6 is 11.8 Å². The molecule has 0 heterocycles. The number of thioether (sulfide) groups is 1. The van der Waals surface area contributed by atoms with Crippen LogP contribution in [0.2, 0.25) is 0 Å². The zero-order valence-electron chi connectivity index (χ0n) is 19.6. The number of aromatic hydroxyl groups is 4. The third-order valence-corrected chi connectivity index (χ3v) is 7.39. The fourth-order valence-electron chi connectivity index (χ4n) is 4.96. The minimum atomic E-state index is 0.179. The van der Waals surface area contributed by atoms with Crippen molar-refractivity contribution < 1.29 is 20.4 Å². The first kappa shape index (κ1) is 23.2. The molecular formula is C30H28O4S. The first-order chi connectivity index (χ1) is 16.9. The van der Waals surface area contributed by atoms with E-state index in [0.29, 0.717) is 47.9 Å². The SMILES string of the molecule is CSCc1cc2c(O)c(c1)Cc1cccc(c1O)Cc1cccc(c1O)Cc1cccc(c1O)C2. The number of phenolic OH excluding ortho intramolecular Hbond substituents is 4. The predicted octanol–water partition coefficient (Wildman–Crippen LogP) is 6.05. The van der Waals surface area contributed by atoms with Crippen LogP contribution in [0.1, 0.15) is 50.1 Å². The largest absolute Gasteiger partial charge is 0.507 e. The van der Waals surface area contributed by atoms with Gasteiger partial charge in [-0.2, -0.15) is 11.8 Å². The average Bonchev–Trinajstić information content (AvgIpc) is 2.84. The van der Waals surface area contributed by atoms with Crippen molar-refractivity contribution in [1.29, 1.82) is 0 Å². The van der Waals surface area contributed by atoms with Crippen molar-refractivity contribution in [2.75, 3.05) is 6.26 Å². The third kappa shape index (κ3) is 4.56. The molecule has 4 nitrogen and oxygen atoms in total. The second-order valence-electron chi connectivity index (χ2n) is 9.18. The van der Waals surface area contributed by atoms with Crippen molar-refractivity contribution in [1.82, 2.24) is 0 Å². The molecule has 5 rings (SSSR count). The number of hydrogen-bond donors (Lipinski definition) is 4. The molecule has 4 aromatic carbocycles. The molecule has 178 valence electrons. The van der Waals surface area contributed by atoms with Gasteiger partial charge in [-0.15, -0.1) is 0 Å². The van der Waals surface area contributed by atoms with E-state index in [2.05, 4.69) is 0 Å². The van der Waals surface area contributed by atoms with Gasteiger partial charge in [-0.3, -0.25) is 0 Å². The highest BCUT2D eigenvalue weighted by molar-refractivity contribution is 7.97. The molecule has 0 radical (unpaired) electrons. The lowest BCUT2D eigenvalue weighted by atomic mass is 9.91. The van der Waals surface area contributed by atoms with Crippen molar-refractivity contribution in [2.45, 2.75) is 31.4 Å². The molecule has 0 aliphatic heterocycles. The van der Waals surface area contributed by atoms with Crippen molar-refractivity contribution >= 4 is 11.8 Å². The van der Waals surface area contributed by atoms with Gasteiger partial charge >= 0.3 is 0 Å². The van der Waals surface area contributed by atoms with Crippen LogP contribution in [-0.4, -0.2) is 26.7 Å². The summed E-state index contributed by atoms with van der Waals surface area (Å²) in [6.07, 6.45) is 3.53. The Morgan fingerprint density at radius 1 is 0.514 bits per heavy atom. The van der Waals surface area contributed by atoms with Crippen LogP contribution in [0.4, 0.5) is 0 Å². The van der Waals surface area contributed by atoms with E-state index < -0.39 is 0 Å². The summed E-state index contributed by atoms with van der Waals surface area (Å²) in [6, 6.07) is 20.9. The van der Waals surface area contributed by atoms with Crippen molar-refractivity contribution in [2.24, 2.45) is 0 Å². The highest BCUT2D eigenvalue weighted by atomic mass is 32.2. The maximum Gasteiger partial charge on any atom is 0.122 e. The maximum absolute atomic E-state index is 11.2. The van der Waals surface area contributed by atoms with E-state index >= 15 is 0 Å². The van der Waals surface area contributed by atoms with Gasteiger partial charge in [0.15, 0.2) is 0 Å². The van der Waals surface area contributed by atoms with Gasteiger partial charge in [0.2, 0.25) is 0 Å². The van der Waals surface area contributed by atoms with E-state index in [1.165, 1.54) is 0 Å². The summed E-state index contributed by atoms with van der Waals surface area (Å²) in [5, 5.41) is 44.5. The van der Waals surface area contributed by atoms with E-state index in [1.807, 2.05) is 73.0 Å². The summed E-state index contributed by atoms with van der Waals surface area (Å²) in [5.41, 5.74) is 6.87. The van der Waals surface area contributed by atoms with Gasteiger partial charge in [0.25, 0.3) is 0 Å². The van der Waals surface area contributed by atoms with Crippen LogP contribution in [0.25, 0.3) is 0 Å². The number of fused-ring (bicyclic) bond motifs is 8. The Labute approximate surface area is 209 Å². The minimum Gasteiger partial charge on any atom is -0.507 e. The van der Waals surface area contributed by atoms with Crippen molar-refractivity contribution in [3.8, 4) is 23.0 Å². The monoisotopic (exact) mass is 484 g/mol. The lowest BCUT2D eigenvalue weighted by molar-refractivity contribution is 0.450. The van der Waals surface area contributed by atoms with E-state index in [-0.39, 0.29) is 23.0 Å². The molecule has 1 aliphatic rings. The highest BCUT2D eigenvalue weighted by Crippen LogP contribution is 2.37. The molecule has 0 atom stereocenters. The van der Waals surface area contributed by atoms with Crippen LogP contribution in [0.5, 0.6) is 23.0 Å². The molecule has 0 amide bonds. The van der Waals surface area contributed by atoms with Crippen LogP contribution in [0.15, 0.2) is 66.7 Å². The smallest absolute Gasteiger partial charge is 0.122 e. The van der Waals surface area contributed by atoms with Gasteiger partial charge in [0.1, 0.15) is 23.0 Å². The topological polar surface area (TPSA) is 80.9 Å². The Balaban J connectivity index is 1.72. The molecule has 0 unspecified atom stereocenters. The fraction of sp³-hybridized carbons (Fsp3) is 0.200. The van der Waals surface area contributed by atoms with Gasteiger partial charge in [-0.1, -0.05) is 66.7 Å². The minimum absolute atomic E-state index is 0.179. The normalized spacial score (nSPS) is 12.9. The molecule has 0 saturated heterocycles. The average molecular weight is 485 g/mol. The number of para-hydroxylation sites is 3. The molecule has 35 heavy (non-hydrogen) atoms. The van der Waals surface area contributed by atoms with Gasteiger partial charge in [0.05, 0.1) is 0 Å². The quantitative estimate of drug-likeness (QED) is 0.245. The third-order valence-electron chi connectivity index (χ3n) is 6.77. The summed E-state index contributed by atoms with van der Waals surface area (Å²) in [5.74, 6) is 1.54. The van der Waals surface area contributed by atoms with E-state index in [4.69, 9.17) is 0 Å². The summed E-state index contributed by atoms with van der Waals surface area (Å²) in [4.78, 5) is 0. The molecule has 4 aromatic rings. The molecule has 0 spiro atoms. The lowest BCUT2D eigenvalue weighted by Gasteiger charge is -2.18. The van der Waals surface area contributed by atoms with Gasteiger partial charge in [-0.25, -0.2) is 0 Å². The fourth-order valence-corrected chi connectivity index (χ4v) is 5.46. The van der Waals surface area contributed by atoms with Gasteiger partial charge < -0.3 is 20.4 Å². The zero-order valence-corrected chi connectivity index (χ0v) is 20.4. The van der Waals surface area contributed by atoms with Crippen molar-refractivity contribution in [3.05, 3.63) is 117 Å². The summed E-state index contributed by atoms with van der Waals surface area (Å²) in [6.45, 7) is 0. The van der Waals surface area contributed by atoms with Gasteiger partial charge in [0, 0.05) is 31.4 Å². The number of phenols is 4. The van der Waals surface area contributed by atoms with E-state index in [9.17, 15) is 20.4 Å². The molecule has 8 bridgehead atoms. The van der Waals surface area contributed by atoms with Crippen molar-refractivity contribution in [3.63, 3.8) is 0 Å². The second kappa shape index (κ2) is 9.59. The lowest BCUT2D eigenvalue weighted by Crippen LogP contribution is -2.01. The standard InChI is InChI=1S/C30H28O4S/c1-35-17-18-11-25-15-23-9-3-7-21(28(23)32)13-19-5-2-6-20(27(19)31)14-22-8-4-10-24(29(22)33)16-26(12-18)30(25)34/h2-12,31-34H,13-17H2,1H3. The molecule has 1 aliphatic carbocycles. The first-order valence-corrected chi connectivity index (χ1v) is 13.1. The Morgan fingerprint density at radius 2 is 0.800 bits per heavy atom. The van der Waals surface area contributed by atoms with Gasteiger partial charge in [-0.05, 0) is 56.3 Å². The molecule has 5 heteroatoms. The zero-order chi connectivity index (χ0) is 24.5. The molecular weight excluding hydrogens is 456 g/mol. The number of benzene rings is 4. The number of rotatable bonds is 2. The Hall–Kier alpha value is -3.57. The van der Waals surface area contributed by atoms with Crippen LogP contribution in [0.3, 0.4) is 0 Å². The molecule has 0 saturated carbocycles. The van der Waals surface area contributed by atoms with E-state index in [0.717, 1.165) is 33.6 Å². The second-order valence-corrected chi connectivity index (χ2v) is 10.0. The molecule has 0 fully saturated rings. The molecule has 0 aromatic heterocycles. The van der Waals surface area contributed by atoms with Crippen LogP contribution < -0.4 is 0 Å². The number of hydrogen-bond acceptors (Lipinski definition) is 5. The summed E-state index contributed by atoms with van der Waals surface area (Å²) >= 11 is 1.71. The first-order valence-electron chi connectivity index (χ1n) is 11.7. The maximum atomic E-state index is 11.2. The van der Waals surface area contributed by atoms with E-state index in [1.54, 1.807) is 11.8 Å². The molecule has 4 N–H and O–H groups in total. The summed E-state index contributed by atoms with van der Waals surface area (Å²) < 4.78 is 0. The Kier molecular flexibility index (Phi) is 6.35.